The van der Waals surface area contributed by atoms with Crippen LogP contribution in [0.3, 0.4) is 0 Å². The monoisotopic (exact) mass is 430 g/mol. The Morgan fingerprint density at radius 2 is 1.74 bits per heavy atom. The van der Waals surface area contributed by atoms with Crippen LogP contribution in [0.2, 0.25) is 0 Å². The maximum atomic E-state index is 11.8. The summed E-state index contributed by atoms with van der Waals surface area (Å²) < 4.78 is 5.67. The van der Waals surface area contributed by atoms with Gasteiger partial charge >= 0.3 is 11.9 Å². The van der Waals surface area contributed by atoms with Crippen LogP contribution >= 0.6 is 0 Å². The van der Waals surface area contributed by atoms with Crippen LogP contribution in [-0.4, -0.2) is 70.2 Å². The molecule has 1 aliphatic carbocycles. The molecule has 2 heterocycles. The van der Waals surface area contributed by atoms with Crippen molar-refractivity contribution in [2.75, 3.05) is 32.6 Å². The van der Waals surface area contributed by atoms with Gasteiger partial charge in [0.2, 0.25) is 11.8 Å². The first kappa shape index (κ1) is 23.7. The molecule has 0 aromatic carbocycles. The lowest BCUT2D eigenvalue weighted by Gasteiger charge is -2.10. The third-order valence-corrected chi connectivity index (χ3v) is 4.09. The Morgan fingerprint density at radius 1 is 1.10 bits per heavy atom. The van der Waals surface area contributed by atoms with Gasteiger partial charge in [-0.05, 0) is 51.6 Å². The van der Waals surface area contributed by atoms with Crippen LogP contribution in [0, 0.1) is 5.92 Å². The number of ether oxygens (including phenoxy) is 1. The van der Waals surface area contributed by atoms with Gasteiger partial charge in [0.1, 0.15) is 5.82 Å². The number of aromatic nitrogens is 2. The molecule has 0 atom stereocenters. The van der Waals surface area contributed by atoms with Crippen LogP contribution in [0.15, 0.2) is 36.4 Å². The molecule has 0 saturated heterocycles. The molecular weight excluding hydrogens is 404 g/mol. The smallest absolute Gasteiger partial charge is 0.328 e. The number of nitrogens with zero attached hydrogens (tertiary/aromatic N) is 3. The van der Waals surface area contributed by atoms with E-state index in [0.29, 0.717) is 36.1 Å². The van der Waals surface area contributed by atoms with Gasteiger partial charge in [-0.15, -0.1) is 0 Å². The van der Waals surface area contributed by atoms with Gasteiger partial charge in [0.15, 0.2) is 5.65 Å². The molecule has 1 amide bonds. The summed E-state index contributed by atoms with van der Waals surface area (Å²) in [5.74, 6) is -1.19. The number of hydrogen-bond donors (Lipinski definition) is 3. The summed E-state index contributed by atoms with van der Waals surface area (Å²) in [7, 11) is 4.07. The summed E-state index contributed by atoms with van der Waals surface area (Å²) in [4.78, 5) is 41.9. The summed E-state index contributed by atoms with van der Waals surface area (Å²) >= 11 is 0. The third kappa shape index (κ3) is 9.22. The van der Waals surface area contributed by atoms with Crippen molar-refractivity contribution in [1.82, 2.24) is 14.9 Å². The van der Waals surface area contributed by atoms with Crippen LogP contribution in [0.5, 0.6) is 5.88 Å². The van der Waals surface area contributed by atoms with E-state index in [1.165, 1.54) is 0 Å². The Labute approximate surface area is 179 Å². The minimum atomic E-state index is -1.26. The van der Waals surface area contributed by atoms with E-state index < -0.39 is 11.9 Å². The fourth-order valence-corrected chi connectivity index (χ4v) is 2.41. The molecular formula is C21H26N4O6. The SMILES string of the molecule is CN(C)CCCOc1ccc2ccc(NC(=O)C3CC3)nc2n1.O=C(O)C=CC(=O)O. The average molecular weight is 430 g/mol. The number of carbonyl (C=O) groups is 3. The van der Waals surface area contributed by atoms with Crippen molar-refractivity contribution in [2.24, 2.45) is 5.92 Å². The molecule has 3 N–H and O–H groups in total. The van der Waals surface area contributed by atoms with Crippen LogP contribution in [0.25, 0.3) is 11.0 Å². The fraction of sp³-hybridized carbons (Fsp3) is 0.381. The zero-order valence-electron chi connectivity index (χ0n) is 17.4. The van der Waals surface area contributed by atoms with Gasteiger partial charge in [-0.1, -0.05) is 0 Å². The number of carboxylic acids is 2. The van der Waals surface area contributed by atoms with E-state index in [1.807, 2.05) is 38.4 Å². The minimum Gasteiger partial charge on any atom is -0.478 e. The highest BCUT2D eigenvalue weighted by atomic mass is 16.5. The first-order chi connectivity index (χ1) is 14.7. The number of fused-ring (bicyclic) bond motifs is 1. The number of aliphatic carboxylic acids is 2. The van der Waals surface area contributed by atoms with Crippen molar-refractivity contribution < 1.29 is 29.3 Å². The van der Waals surface area contributed by atoms with Gasteiger partial charge in [0.25, 0.3) is 0 Å². The van der Waals surface area contributed by atoms with Gasteiger partial charge in [-0.2, -0.15) is 4.98 Å². The maximum absolute atomic E-state index is 11.8. The largest absolute Gasteiger partial charge is 0.478 e. The second-order valence-electron chi connectivity index (χ2n) is 7.17. The maximum Gasteiger partial charge on any atom is 0.328 e. The predicted octanol–water partition coefficient (Wildman–Crippen LogP) is 2.02. The number of nitrogens with one attached hydrogen (secondary N) is 1. The second-order valence-corrected chi connectivity index (χ2v) is 7.17. The Bertz CT molecular complexity index is 940. The lowest BCUT2D eigenvalue weighted by atomic mass is 10.3. The number of anilines is 1. The highest BCUT2D eigenvalue weighted by molar-refractivity contribution is 5.94. The highest BCUT2D eigenvalue weighted by Gasteiger charge is 2.29. The number of rotatable bonds is 9. The molecule has 0 spiro atoms. The van der Waals surface area contributed by atoms with Crippen molar-refractivity contribution in [2.45, 2.75) is 19.3 Å². The van der Waals surface area contributed by atoms with Crippen molar-refractivity contribution in [1.29, 1.82) is 0 Å². The molecule has 10 nitrogen and oxygen atoms in total. The van der Waals surface area contributed by atoms with Gasteiger partial charge in [0, 0.05) is 36.1 Å². The molecule has 0 aliphatic heterocycles. The van der Waals surface area contributed by atoms with Crippen LogP contribution in [-0.2, 0) is 14.4 Å². The molecule has 0 bridgehead atoms. The number of carbonyl (C=O) groups excluding carboxylic acids is 1. The topological polar surface area (TPSA) is 142 Å². The molecule has 166 valence electrons. The van der Waals surface area contributed by atoms with E-state index in [1.54, 1.807) is 0 Å². The van der Waals surface area contributed by atoms with E-state index in [2.05, 4.69) is 20.2 Å². The first-order valence-corrected chi connectivity index (χ1v) is 9.74. The molecule has 0 radical (unpaired) electrons. The van der Waals surface area contributed by atoms with E-state index in [4.69, 9.17) is 14.9 Å². The molecule has 2 aromatic heterocycles. The lowest BCUT2D eigenvalue weighted by molar-refractivity contribution is -0.134. The molecule has 10 heteroatoms. The Kier molecular flexibility index (Phi) is 8.89. The highest BCUT2D eigenvalue weighted by Crippen LogP contribution is 2.30. The molecule has 0 unspecified atom stereocenters. The summed E-state index contributed by atoms with van der Waals surface area (Å²) in [6.45, 7) is 1.60. The van der Waals surface area contributed by atoms with Crippen LogP contribution in [0.1, 0.15) is 19.3 Å². The molecule has 2 aromatic rings. The Morgan fingerprint density at radius 3 is 2.32 bits per heavy atom. The molecule has 1 fully saturated rings. The third-order valence-electron chi connectivity index (χ3n) is 4.09. The number of carboxylic acid groups (broad SMARTS) is 2. The van der Waals surface area contributed by atoms with Crippen molar-refractivity contribution in [3.05, 3.63) is 36.4 Å². The molecule has 1 saturated carbocycles. The Hall–Kier alpha value is -3.53. The standard InChI is InChI=1S/C17H22N4O2.C4H4O4/c1-21(2)10-3-11-23-15-9-7-12-6-8-14(18-16(12)20-15)19-17(22)13-4-5-13;5-3(6)1-2-4(7)8/h6-9,13H,3-5,10-11H2,1-2H3,(H,18,19,20,22);1-2H,(H,5,6)(H,7,8). The zero-order chi connectivity index (χ0) is 22.8. The van der Waals surface area contributed by atoms with E-state index in [9.17, 15) is 14.4 Å². The Balaban J connectivity index is 0.000000366. The first-order valence-electron chi connectivity index (χ1n) is 9.74. The molecule has 31 heavy (non-hydrogen) atoms. The van der Waals surface area contributed by atoms with Crippen molar-refractivity contribution in [3.8, 4) is 5.88 Å². The second kappa shape index (κ2) is 11.6. The van der Waals surface area contributed by atoms with E-state index in [0.717, 1.165) is 31.2 Å². The van der Waals surface area contributed by atoms with Gasteiger partial charge in [0.05, 0.1) is 6.61 Å². The number of hydrogen-bond acceptors (Lipinski definition) is 7. The normalized spacial score (nSPS) is 13.0. The lowest BCUT2D eigenvalue weighted by Crippen LogP contribution is -2.15. The summed E-state index contributed by atoms with van der Waals surface area (Å²) in [6.07, 6.45) is 4.01. The van der Waals surface area contributed by atoms with Crippen molar-refractivity contribution in [3.63, 3.8) is 0 Å². The number of pyridine rings is 2. The molecule has 3 rings (SSSR count). The average Bonchev–Trinajstić information content (AvgIpc) is 3.55. The van der Waals surface area contributed by atoms with Crippen LogP contribution in [0.4, 0.5) is 5.82 Å². The summed E-state index contributed by atoms with van der Waals surface area (Å²) in [6, 6.07) is 7.50. The van der Waals surface area contributed by atoms with Crippen molar-refractivity contribution >= 4 is 34.7 Å². The minimum absolute atomic E-state index is 0.0490. The quantitative estimate of drug-likeness (QED) is 0.402. The molecule has 1 aliphatic rings. The summed E-state index contributed by atoms with van der Waals surface area (Å²) in [5, 5.41) is 19.4. The van der Waals surface area contributed by atoms with Gasteiger partial charge in [-0.3, -0.25) is 4.79 Å². The zero-order valence-corrected chi connectivity index (χ0v) is 17.4. The van der Waals surface area contributed by atoms with Gasteiger partial charge < -0.3 is 25.2 Å². The predicted molar refractivity (Wildman–Crippen MR) is 114 cm³/mol. The van der Waals surface area contributed by atoms with Gasteiger partial charge in [-0.25, -0.2) is 14.6 Å². The van der Waals surface area contributed by atoms with E-state index in [-0.39, 0.29) is 11.8 Å². The number of amides is 1. The van der Waals surface area contributed by atoms with Crippen LogP contribution < -0.4 is 10.1 Å². The fourth-order valence-electron chi connectivity index (χ4n) is 2.41. The summed E-state index contributed by atoms with van der Waals surface area (Å²) in [5.41, 5.74) is 0.587. The van der Waals surface area contributed by atoms with E-state index >= 15 is 0 Å².